The van der Waals surface area contributed by atoms with Crippen LogP contribution < -0.4 is 15.0 Å². The van der Waals surface area contributed by atoms with Crippen LogP contribution in [0, 0.1) is 0 Å². The highest BCUT2D eigenvalue weighted by molar-refractivity contribution is 5.86. The van der Waals surface area contributed by atoms with Gasteiger partial charge in [-0.05, 0) is 43.3 Å². The molecule has 0 unspecified atom stereocenters. The number of nitrogens with zero attached hydrogens (tertiary/aromatic N) is 2. The number of amides is 1. The Kier molecular flexibility index (Phi) is 6.27. The average molecular weight is 303 g/mol. The van der Waals surface area contributed by atoms with Crippen molar-refractivity contribution in [1.82, 2.24) is 10.2 Å². The highest BCUT2D eigenvalue weighted by atomic mass is 16.5. The molecule has 0 aliphatic carbocycles. The lowest BCUT2D eigenvalue weighted by molar-refractivity contribution is -0.116. The fourth-order valence-corrected chi connectivity index (χ4v) is 2.61. The third kappa shape index (κ3) is 4.77. The molecule has 2 rings (SSSR count). The van der Waals surface area contributed by atoms with Gasteiger partial charge in [-0.2, -0.15) is 0 Å². The normalized spacial score (nSPS) is 15.4. The summed E-state index contributed by atoms with van der Waals surface area (Å²) in [6.45, 7) is 9.36. The van der Waals surface area contributed by atoms with Crippen molar-refractivity contribution in [2.45, 2.75) is 6.42 Å². The van der Waals surface area contributed by atoms with Crippen LogP contribution in [0.15, 0.2) is 36.9 Å². The van der Waals surface area contributed by atoms with Crippen LogP contribution in [0.4, 0.5) is 5.69 Å². The predicted molar refractivity (Wildman–Crippen MR) is 89.5 cm³/mol. The molecule has 1 aromatic rings. The minimum absolute atomic E-state index is 0.0932. The van der Waals surface area contributed by atoms with Crippen LogP contribution in [0.2, 0.25) is 0 Å². The van der Waals surface area contributed by atoms with Crippen LogP contribution in [0.25, 0.3) is 0 Å². The van der Waals surface area contributed by atoms with Gasteiger partial charge in [-0.25, -0.2) is 0 Å². The van der Waals surface area contributed by atoms with Crippen LogP contribution in [0.1, 0.15) is 6.42 Å². The zero-order valence-electron chi connectivity index (χ0n) is 13.3. The van der Waals surface area contributed by atoms with E-state index in [1.54, 1.807) is 7.11 Å². The average Bonchev–Trinajstić information content (AvgIpc) is 2.59. The lowest BCUT2D eigenvalue weighted by Gasteiger charge is -2.36. The van der Waals surface area contributed by atoms with Gasteiger partial charge in [0.05, 0.1) is 7.11 Å². The van der Waals surface area contributed by atoms with Crippen LogP contribution in [0.5, 0.6) is 5.75 Å². The fraction of sp³-hybridized carbons (Fsp3) is 0.471. The molecule has 0 atom stereocenters. The molecule has 0 radical (unpaired) electrons. The van der Waals surface area contributed by atoms with Crippen LogP contribution in [-0.4, -0.2) is 57.2 Å². The van der Waals surface area contributed by atoms with Crippen LogP contribution in [0.3, 0.4) is 0 Å². The molecule has 1 heterocycles. The Morgan fingerprint density at radius 1 is 1.27 bits per heavy atom. The van der Waals surface area contributed by atoms with Gasteiger partial charge in [0, 0.05) is 38.4 Å². The molecule has 0 saturated carbocycles. The van der Waals surface area contributed by atoms with E-state index in [1.165, 1.54) is 11.8 Å². The van der Waals surface area contributed by atoms with Crippen molar-refractivity contribution in [3.8, 4) is 5.75 Å². The number of hydrogen-bond acceptors (Lipinski definition) is 4. The van der Waals surface area contributed by atoms with E-state index in [0.717, 1.165) is 44.9 Å². The van der Waals surface area contributed by atoms with E-state index in [1.807, 2.05) is 12.1 Å². The minimum Gasteiger partial charge on any atom is -0.497 e. The summed E-state index contributed by atoms with van der Waals surface area (Å²) in [5.74, 6) is 0.799. The molecule has 5 nitrogen and oxygen atoms in total. The first-order valence-corrected chi connectivity index (χ1v) is 7.74. The molecule has 22 heavy (non-hydrogen) atoms. The number of benzene rings is 1. The molecule has 0 bridgehead atoms. The summed E-state index contributed by atoms with van der Waals surface area (Å²) >= 11 is 0. The molecule has 1 saturated heterocycles. The van der Waals surface area contributed by atoms with E-state index < -0.39 is 0 Å². The van der Waals surface area contributed by atoms with E-state index in [0.29, 0.717) is 6.54 Å². The summed E-state index contributed by atoms with van der Waals surface area (Å²) < 4.78 is 5.19. The Balaban J connectivity index is 1.68. The number of carbonyl (C=O) groups excluding carboxylic acids is 1. The zero-order chi connectivity index (χ0) is 15.8. The van der Waals surface area contributed by atoms with Gasteiger partial charge in [0.1, 0.15) is 5.75 Å². The van der Waals surface area contributed by atoms with E-state index >= 15 is 0 Å². The minimum atomic E-state index is -0.0932. The molecule has 1 fully saturated rings. The van der Waals surface area contributed by atoms with Gasteiger partial charge in [-0.1, -0.05) is 6.58 Å². The van der Waals surface area contributed by atoms with Crippen molar-refractivity contribution in [3.63, 3.8) is 0 Å². The summed E-state index contributed by atoms with van der Waals surface area (Å²) in [5.41, 5.74) is 1.25. The fourth-order valence-electron chi connectivity index (χ4n) is 2.61. The predicted octanol–water partition coefficient (Wildman–Crippen LogP) is 1.51. The number of anilines is 1. The first kappa shape index (κ1) is 16.4. The standard InChI is InChI=1S/C17H25N3O2/c1-3-17(21)18-9-4-10-19-11-13-20(14-12-19)15-5-7-16(22-2)8-6-15/h3,5-8H,1,4,9-14H2,2H3,(H,18,21). The van der Waals surface area contributed by atoms with Gasteiger partial charge < -0.3 is 15.0 Å². The molecule has 5 heteroatoms. The van der Waals surface area contributed by atoms with Crippen molar-refractivity contribution in [3.05, 3.63) is 36.9 Å². The zero-order valence-corrected chi connectivity index (χ0v) is 13.3. The molecule has 1 amide bonds. The smallest absolute Gasteiger partial charge is 0.243 e. The van der Waals surface area contributed by atoms with E-state index in [-0.39, 0.29) is 5.91 Å². The maximum atomic E-state index is 11.1. The molecule has 1 aliphatic heterocycles. The molecule has 120 valence electrons. The van der Waals surface area contributed by atoms with E-state index in [2.05, 4.69) is 33.8 Å². The Labute approximate surface area is 132 Å². The van der Waals surface area contributed by atoms with Crippen molar-refractivity contribution in [2.75, 3.05) is 51.3 Å². The Morgan fingerprint density at radius 2 is 1.95 bits per heavy atom. The molecule has 1 N–H and O–H groups in total. The summed E-state index contributed by atoms with van der Waals surface area (Å²) in [7, 11) is 1.69. The Morgan fingerprint density at radius 3 is 2.55 bits per heavy atom. The maximum Gasteiger partial charge on any atom is 0.243 e. The topological polar surface area (TPSA) is 44.8 Å². The summed E-state index contributed by atoms with van der Waals surface area (Å²) in [6.07, 6.45) is 2.29. The number of carbonyl (C=O) groups is 1. The molecule has 0 aromatic heterocycles. The maximum absolute atomic E-state index is 11.1. The van der Waals surface area contributed by atoms with Gasteiger partial charge in [-0.15, -0.1) is 0 Å². The second-order valence-corrected chi connectivity index (χ2v) is 5.38. The number of ether oxygens (including phenoxy) is 1. The first-order valence-electron chi connectivity index (χ1n) is 7.74. The summed E-state index contributed by atoms with van der Waals surface area (Å²) in [4.78, 5) is 15.9. The van der Waals surface area contributed by atoms with Gasteiger partial charge in [0.15, 0.2) is 0 Å². The molecule has 1 aliphatic rings. The number of rotatable bonds is 7. The Hall–Kier alpha value is -2.01. The number of piperazine rings is 1. The van der Waals surface area contributed by atoms with E-state index in [4.69, 9.17) is 4.74 Å². The molecule has 0 spiro atoms. The lowest BCUT2D eigenvalue weighted by atomic mass is 10.2. The number of methoxy groups -OCH3 is 1. The first-order chi connectivity index (χ1) is 10.7. The van der Waals surface area contributed by atoms with E-state index in [9.17, 15) is 4.79 Å². The van der Waals surface area contributed by atoms with Gasteiger partial charge in [-0.3, -0.25) is 9.69 Å². The second-order valence-electron chi connectivity index (χ2n) is 5.38. The molecular formula is C17H25N3O2. The van der Waals surface area contributed by atoms with Crippen molar-refractivity contribution in [1.29, 1.82) is 0 Å². The lowest BCUT2D eigenvalue weighted by Crippen LogP contribution is -2.47. The van der Waals surface area contributed by atoms with Crippen LogP contribution >= 0.6 is 0 Å². The third-order valence-corrected chi connectivity index (χ3v) is 3.95. The second kappa shape index (κ2) is 8.44. The van der Waals surface area contributed by atoms with Gasteiger partial charge >= 0.3 is 0 Å². The van der Waals surface area contributed by atoms with Crippen LogP contribution in [-0.2, 0) is 4.79 Å². The highest BCUT2D eigenvalue weighted by Crippen LogP contribution is 2.20. The molecular weight excluding hydrogens is 278 g/mol. The summed E-state index contributed by atoms with van der Waals surface area (Å²) in [6, 6.07) is 8.23. The SMILES string of the molecule is C=CC(=O)NCCCN1CCN(c2ccc(OC)cc2)CC1. The Bertz CT molecular complexity index is 479. The van der Waals surface area contributed by atoms with Crippen molar-refractivity contribution >= 4 is 11.6 Å². The van der Waals surface area contributed by atoms with Gasteiger partial charge in [0.25, 0.3) is 0 Å². The van der Waals surface area contributed by atoms with Gasteiger partial charge in [0.2, 0.25) is 5.91 Å². The highest BCUT2D eigenvalue weighted by Gasteiger charge is 2.16. The third-order valence-electron chi connectivity index (χ3n) is 3.95. The largest absolute Gasteiger partial charge is 0.497 e. The summed E-state index contributed by atoms with van der Waals surface area (Å²) in [5, 5.41) is 2.81. The number of nitrogens with one attached hydrogen (secondary N) is 1. The molecule has 1 aromatic carbocycles. The quantitative estimate of drug-likeness (QED) is 0.612. The van der Waals surface area contributed by atoms with Crippen molar-refractivity contribution in [2.24, 2.45) is 0 Å². The monoisotopic (exact) mass is 303 g/mol. The number of hydrogen-bond donors (Lipinski definition) is 1. The van der Waals surface area contributed by atoms with Crippen molar-refractivity contribution < 1.29 is 9.53 Å².